The zero-order valence-electron chi connectivity index (χ0n) is 27.2. The number of benzene rings is 4. The van der Waals surface area contributed by atoms with Gasteiger partial charge in [-0.2, -0.15) is 0 Å². The Labute approximate surface area is 291 Å². The molecule has 248 valence electrons. The lowest BCUT2D eigenvalue weighted by atomic mass is 9.86. The normalized spacial score (nSPS) is 15.9. The van der Waals surface area contributed by atoms with E-state index >= 15 is 0 Å². The highest BCUT2D eigenvalue weighted by Crippen LogP contribution is 2.48. The van der Waals surface area contributed by atoms with Crippen LogP contribution in [0.25, 0.3) is 21.5 Å². The minimum atomic E-state index is -0.328. The highest BCUT2D eigenvalue weighted by Gasteiger charge is 2.40. The third-order valence-electron chi connectivity index (χ3n) is 10.4. The van der Waals surface area contributed by atoms with E-state index in [2.05, 4.69) is 29.7 Å². The molecule has 4 aliphatic rings. The molecule has 6 aromatic rings. The fourth-order valence-electron chi connectivity index (χ4n) is 8.27. The Hall–Kier alpha value is -6.56. The van der Waals surface area contributed by atoms with Gasteiger partial charge in [0.1, 0.15) is 11.6 Å². The molecule has 0 N–H and O–H groups in total. The molecule has 0 radical (unpaired) electrons. The summed E-state index contributed by atoms with van der Waals surface area (Å²) in [6.07, 6.45) is 7.30. The predicted octanol–water partition coefficient (Wildman–Crippen LogP) is 4.55. The smallest absolute Gasteiger partial charge is 0.261 e. The van der Waals surface area contributed by atoms with Gasteiger partial charge in [-0.05, 0) is 47.5 Å². The monoisotopic (exact) mass is 672 g/mol. The van der Waals surface area contributed by atoms with E-state index in [1.807, 2.05) is 36.4 Å². The van der Waals surface area contributed by atoms with Gasteiger partial charge in [0.2, 0.25) is 0 Å². The van der Waals surface area contributed by atoms with E-state index in [1.54, 1.807) is 49.1 Å². The lowest BCUT2D eigenvalue weighted by Gasteiger charge is -2.46. The van der Waals surface area contributed by atoms with Crippen LogP contribution in [0.1, 0.15) is 64.2 Å². The summed E-state index contributed by atoms with van der Waals surface area (Å²) < 4.78 is 0. The number of carbonyl (C=O) groups is 4. The molecular formula is C39H28N8O4. The Morgan fingerprint density at radius 2 is 0.922 bits per heavy atom. The molecule has 0 unspecified atom stereocenters. The number of amides is 4. The number of carbonyl (C=O) groups excluding carboxylic acids is 4. The van der Waals surface area contributed by atoms with Crippen LogP contribution in [0.3, 0.4) is 0 Å². The molecule has 4 aromatic carbocycles. The molecule has 0 saturated carbocycles. The number of rotatable bonds is 6. The molecule has 2 bridgehead atoms. The Morgan fingerprint density at radius 3 is 1.35 bits per heavy atom. The van der Waals surface area contributed by atoms with Gasteiger partial charge < -0.3 is 9.80 Å². The van der Waals surface area contributed by atoms with Crippen molar-refractivity contribution in [3.63, 3.8) is 0 Å². The van der Waals surface area contributed by atoms with E-state index in [9.17, 15) is 19.2 Å². The Bertz CT molecular complexity index is 2350. The van der Waals surface area contributed by atoms with Crippen LogP contribution >= 0.6 is 0 Å². The fraction of sp³-hybridized carbons (Fsp3) is 0.179. The molecule has 4 aliphatic heterocycles. The second-order valence-electron chi connectivity index (χ2n) is 13.2. The average Bonchev–Trinajstić information content (AvgIpc) is 3.16. The van der Waals surface area contributed by atoms with Crippen LogP contribution in [0.5, 0.6) is 0 Å². The summed E-state index contributed by atoms with van der Waals surface area (Å²) in [6, 6.07) is 18.6. The Kier molecular flexibility index (Phi) is 6.32. The average molecular weight is 673 g/mol. The maximum atomic E-state index is 14.0. The molecule has 12 heteroatoms. The Morgan fingerprint density at radius 1 is 0.510 bits per heavy atom. The molecule has 2 aromatic heterocycles. The number of imide groups is 2. The van der Waals surface area contributed by atoms with Crippen LogP contribution in [-0.2, 0) is 25.9 Å². The van der Waals surface area contributed by atoms with E-state index in [-0.39, 0.29) is 36.7 Å². The van der Waals surface area contributed by atoms with Crippen molar-refractivity contribution >= 4 is 56.5 Å². The number of fused-ring (bicyclic) bond motifs is 8. The molecule has 12 nitrogen and oxygen atoms in total. The Balaban J connectivity index is 1.04. The molecule has 51 heavy (non-hydrogen) atoms. The minimum Gasteiger partial charge on any atom is -0.349 e. The first-order valence-electron chi connectivity index (χ1n) is 16.9. The molecule has 10 rings (SSSR count). The second-order valence-corrected chi connectivity index (χ2v) is 13.2. The van der Waals surface area contributed by atoms with E-state index in [0.717, 1.165) is 33.3 Å². The molecule has 6 heterocycles. The van der Waals surface area contributed by atoms with E-state index < -0.39 is 0 Å². The largest absolute Gasteiger partial charge is 0.349 e. The maximum absolute atomic E-state index is 14.0. The van der Waals surface area contributed by atoms with Crippen molar-refractivity contribution in [2.75, 3.05) is 29.6 Å². The predicted molar refractivity (Wildman–Crippen MR) is 187 cm³/mol. The van der Waals surface area contributed by atoms with Crippen LogP contribution < -0.4 is 9.80 Å². The summed E-state index contributed by atoms with van der Waals surface area (Å²) in [7, 11) is 0. The first kappa shape index (κ1) is 29.4. The fourth-order valence-corrected chi connectivity index (χ4v) is 8.27. The SMILES string of the molecule is O=C1c2cccc3c4c(cc(c23)C(=O)N1CCc1ncccn1)CN1CN4Cc2cc3c4c(cccc4c21)C(=O)N(CCc1ncccn1)C3=O. The van der Waals surface area contributed by atoms with E-state index in [4.69, 9.17) is 0 Å². The summed E-state index contributed by atoms with van der Waals surface area (Å²) in [6.45, 7) is 1.94. The summed E-state index contributed by atoms with van der Waals surface area (Å²) in [5.74, 6) is -0.176. The van der Waals surface area contributed by atoms with Gasteiger partial charge in [0.25, 0.3) is 23.6 Å². The number of aromatic nitrogens is 4. The van der Waals surface area contributed by atoms with Crippen molar-refractivity contribution in [2.45, 2.75) is 25.9 Å². The topological polar surface area (TPSA) is 133 Å². The second kappa shape index (κ2) is 11.0. The quantitative estimate of drug-likeness (QED) is 0.232. The van der Waals surface area contributed by atoms with Crippen molar-refractivity contribution in [1.82, 2.24) is 29.7 Å². The third-order valence-corrected chi connectivity index (χ3v) is 10.4. The van der Waals surface area contributed by atoms with Gasteiger partial charge in [0.15, 0.2) is 0 Å². The number of hydrogen-bond donors (Lipinski definition) is 0. The lowest BCUT2D eigenvalue weighted by Crippen LogP contribution is -2.47. The van der Waals surface area contributed by atoms with Crippen molar-refractivity contribution < 1.29 is 19.2 Å². The van der Waals surface area contributed by atoms with Crippen molar-refractivity contribution in [1.29, 1.82) is 0 Å². The van der Waals surface area contributed by atoms with Crippen LogP contribution in [0, 0.1) is 0 Å². The van der Waals surface area contributed by atoms with Gasteiger partial charge >= 0.3 is 0 Å². The zero-order chi connectivity index (χ0) is 34.4. The van der Waals surface area contributed by atoms with Gasteiger partial charge in [-0.15, -0.1) is 0 Å². The molecule has 0 spiro atoms. The number of anilines is 2. The summed E-state index contributed by atoms with van der Waals surface area (Å²) in [5.41, 5.74) is 5.92. The van der Waals surface area contributed by atoms with Gasteiger partial charge in [0, 0.05) is 108 Å². The molecule has 0 saturated heterocycles. The number of nitrogens with zero attached hydrogens (tertiary/aromatic N) is 8. The highest BCUT2D eigenvalue weighted by atomic mass is 16.2. The number of hydrogen-bond acceptors (Lipinski definition) is 10. The van der Waals surface area contributed by atoms with Gasteiger partial charge in [-0.25, -0.2) is 19.9 Å². The first-order valence-corrected chi connectivity index (χ1v) is 16.9. The molecule has 0 atom stereocenters. The summed E-state index contributed by atoms with van der Waals surface area (Å²) in [5, 5.41) is 3.05. The summed E-state index contributed by atoms with van der Waals surface area (Å²) >= 11 is 0. The summed E-state index contributed by atoms with van der Waals surface area (Å²) in [4.78, 5) is 79.8. The van der Waals surface area contributed by atoms with Gasteiger partial charge in [0.05, 0.1) is 18.0 Å². The van der Waals surface area contributed by atoms with Crippen molar-refractivity contribution in [2.24, 2.45) is 0 Å². The van der Waals surface area contributed by atoms with Crippen molar-refractivity contribution in [3.8, 4) is 0 Å². The van der Waals surface area contributed by atoms with E-state index in [0.29, 0.717) is 77.3 Å². The molecular weight excluding hydrogens is 644 g/mol. The van der Waals surface area contributed by atoms with Crippen LogP contribution in [0.15, 0.2) is 85.5 Å². The highest BCUT2D eigenvalue weighted by molar-refractivity contribution is 6.28. The minimum absolute atomic E-state index is 0.172. The maximum Gasteiger partial charge on any atom is 0.261 e. The van der Waals surface area contributed by atoms with Crippen LogP contribution in [0.4, 0.5) is 11.4 Å². The molecule has 0 fully saturated rings. The standard InChI is InChI=1S/C39H28N8O4/c48-36-26-7-1-5-24-32(26)28(38(50)46(36)15-9-30-40-11-3-12-41-30)17-22-19-45-21-44(34(22)24)20-23-18-29-33-25(35(23)45)6-2-8-27(33)37(49)47(39(29)51)16-10-31-42-13-4-14-43-31/h1-8,11-14,17-18H,9-10,15-16,19-21H2. The first-order chi connectivity index (χ1) is 25.0. The van der Waals surface area contributed by atoms with Gasteiger partial charge in [-0.3, -0.25) is 29.0 Å². The molecule has 4 amide bonds. The van der Waals surface area contributed by atoms with Crippen LogP contribution in [0.2, 0.25) is 0 Å². The van der Waals surface area contributed by atoms with Gasteiger partial charge in [-0.1, -0.05) is 24.3 Å². The zero-order valence-corrected chi connectivity index (χ0v) is 27.2. The lowest BCUT2D eigenvalue weighted by molar-refractivity contribution is 0.0596. The van der Waals surface area contributed by atoms with Crippen LogP contribution in [-0.4, -0.2) is 73.1 Å². The third kappa shape index (κ3) is 4.32. The van der Waals surface area contributed by atoms with Crippen molar-refractivity contribution in [3.05, 3.63) is 130 Å². The van der Waals surface area contributed by atoms with E-state index in [1.165, 1.54) is 9.80 Å². The molecule has 0 aliphatic carbocycles.